The number of β-amino-alcohol motifs (C(OH)–C–C–N with tert-alkyl or cyclic N) is 1. The van der Waals surface area contributed by atoms with Gasteiger partial charge >= 0.3 is 0 Å². The standard InChI is InChI=1S/C29H33N3O3/c33-22(17-32-11-9-18-4-1-2-5-21(18)16-32)15-30-26(34)19-7-8-20-13-28(27(35)31-25(20)12-19)10-3-6-23-24-14-29(23,24)28/h1-2,4-5,7-8,12,22-24,33H,3,6,9-11,13-17H2,(H,30,34)(H,31,35)/t22-,23?,24?,28?,29?/m0/s1. The van der Waals surface area contributed by atoms with E-state index in [4.69, 9.17) is 0 Å². The monoisotopic (exact) mass is 471 g/mol. The maximum atomic E-state index is 13.3. The van der Waals surface area contributed by atoms with Crippen LogP contribution in [0.15, 0.2) is 42.5 Å². The first-order valence-electron chi connectivity index (χ1n) is 13.2. The maximum absolute atomic E-state index is 13.3. The number of aliphatic hydroxyl groups excluding tert-OH is 1. The molecule has 3 fully saturated rings. The average molecular weight is 472 g/mol. The fraction of sp³-hybridized carbons (Fsp3) is 0.517. The second kappa shape index (κ2) is 7.65. The number of amides is 2. The second-order valence-corrected chi connectivity index (χ2v) is 11.6. The molecule has 2 aromatic carbocycles. The van der Waals surface area contributed by atoms with E-state index in [2.05, 4.69) is 39.8 Å². The topological polar surface area (TPSA) is 81.7 Å². The smallest absolute Gasteiger partial charge is 0.251 e. The van der Waals surface area contributed by atoms with Gasteiger partial charge in [-0.3, -0.25) is 14.5 Å². The number of rotatable bonds is 5. The van der Waals surface area contributed by atoms with Crippen LogP contribution in [-0.4, -0.2) is 47.6 Å². The summed E-state index contributed by atoms with van der Waals surface area (Å²) >= 11 is 0. The van der Waals surface area contributed by atoms with Crippen LogP contribution in [0.2, 0.25) is 0 Å². The molecule has 35 heavy (non-hydrogen) atoms. The van der Waals surface area contributed by atoms with E-state index in [9.17, 15) is 14.7 Å². The number of nitrogens with zero attached hydrogens (tertiary/aromatic N) is 1. The van der Waals surface area contributed by atoms with Gasteiger partial charge in [0.25, 0.3) is 5.91 Å². The Morgan fingerprint density at radius 3 is 2.89 bits per heavy atom. The molecule has 5 aliphatic rings. The molecule has 4 unspecified atom stereocenters. The van der Waals surface area contributed by atoms with Crippen molar-refractivity contribution < 1.29 is 14.7 Å². The number of benzene rings is 2. The Hall–Kier alpha value is -2.70. The van der Waals surface area contributed by atoms with Crippen molar-refractivity contribution in [1.82, 2.24) is 10.2 Å². The molecule has 2 spiro atoms. The van der Waals surface area contributed by atoms with Gasteiger partial charge in [-0.2, -0.15) is 0 Å². The Balaban J connectivity index is 0.974. The lowest BCUT2D eigenvalue weighted by atomic mass is 9.62. The van der Waals surface area contributed by atoms with Crippen molar-refractivity contribution in [2.24, 2.45) is 22.7 Å². The number of fused-ring (bicyclic) bond motifs is 3. The summed E-state index contributed by atoms with van der Waals surface area (Å²) in [7, 11) is 0. The van der Waals surface area contributed by atoms with E-state index in [-0.39, 0.29) is 29.2 Å². The Labute approximate surface area is 206 Å². The Morgan fingerprint density at radius 1 is 1.17 bits per heavy atom. The van der Waals surface area contributed by atoms with Crippen molar-refractivity contribution in [3.8, 4) is 0 Å². The number of carbonyl (C=O) groups excluding carboxylic acids is 2. The fourth-order valence-electron chi connectivity index (χ4n) is 7.86. The zero-order valence-corrected chi connectivity index (χ0v) is 20.1. The molecule has 0 aromatic heterocycles. The van der Waals surface area contributed by atoms with Crippen LogP contribution in [0.25, 0.3) is 0 Å². The van der Waals surface area contributed by atoms with E-state index >= 15 is 0 Å². The van der Waals surface area contributed by atoms with Gasteiger partial charge in [0, 0.05) is 37.4 Å². The highest BCUT2D eigenvalue weighted by Gasteiger charge is 2.87. The number of aliphatic hydroxyl groups is 1. The molecule has 7 rings (SSSR count). The molecule has 2 heterocycles. The first-order valence-corrected chi connectivity index (χ1v) is 13.2. The van der Waals surface area contributed by atoms with E-state index in [1.807, 2.05) is 12.1 Å². The van der Waals surface area contributed by atoms with Crippen LogP contribution < -0.4 is 10.6 Å². The molecule has 2 amide bonds. The molecule has 5 atom stereocenters. The number of nitrogens with one attached hydrogen (secondary N) is 2. The lowest BCUT2D eigenvalue weighted by Crippen LogP contribution is -2.48. The van der Waals surface area contributed by atoms with Gasteiger partial charge in [-0.05, 0) is 78.2 Å². The quantitative estimate of drug-likeness (QED) is 0.626. The van der Waals surface area contributed by atoms with E-state index in [1.54, 1.807) is 6.07 Å². The molecule has 2 aromatic rings. The molecule has 3 aliphatic carbocycles. The third kappa shape index (κ3) is 3.22. The minimum atomic E-state index is -0.634. The van der Waals surface area contributed by atoms with Gasteiger partial charge in [0.05, 0.1) is 11.5 Å². The lowest BCUT2D eigenvalue weighted by molar-refractivity contribution is -0.131. The van der Waals surface area contributed by atoms with Crippen LogP contribution >= 0.6 is 0 Å². The van der Waals surface area contributed by atoms with E-state index in [1.165, 1.54) is 24.0 Å². The molecule has 6 heteroatoms. The fourth-order valence-corrected chi connectivity index (χ4v) is 7.86. The summed E-state index contributed by atoms with van der Waals surface area (Å²) < 4.78 is 0. The number of hydrogen-bond acceptors (Lipinski definition) is 4. The summed E-state index contributed by atoms with van der Waals surface area (Å²) in [6.45, 7) is 2.47. The predicted octanol–water partition coefficient (Wildman–Crippen LogP) is 3.14. The molecule has 0 radical (unpaired) electrons. The van der Waals surface area contributed by atoms with Gasteiger partial charge < -0.3 is 15.7 Å². The first kappa shape index (κ1) is 21.6. The van der Waals surface area contributed by atoms with Crippen molar-refractivity contribution in [3.05, 3.63) is 64.7 Å². The van der Waals surface area contributed by atoms with Crippen LogP contribution in [0.5, 0.6) is 0 Å². The van der Waals surface area contributed by atoms with Crippen LogP contribution in [0.3, 0.4) is 0 Å². The highest BCUT2D eigenvalue weighted by atomic mass is 16.3. The van der Waals surface area contributed by atoms with Gasteiger partial charge in [0.1, 0.15) is 0 Å². The first-order chi connectivity index (χ1) is 17.0. The molecule has 3 saturated carbocycles. The maximum Gasteiger partial charge on any atom is 0.251 e. The zero-order chi connectivity index (χ0) is 23.8. The van der Waals surface area contributed by atoms with Crippen molar-refractivity contribution in [2.45, 2.75) is 51.2 Å². The van der Waals surface area contributed by atoms with Crippen molar-refractivity contribution in [3.63, 3.8) is 0 Å². The molecule has 0 bridgehead atoms. The van der Waals surface area contributed by atoms with Gasteiger partial charge in [-0.25, -0.2) is 0 Å². The highest BCUT2D eigenvalue weighted by Crippen LogP contribution is 2.90. The Bertz CT molecular complexity index is 1230. The van der Waals surface area contributed by atoms with E-state index in [0.717, 1.165) is 61.9 Å². The van der Waals surface area contributed by atoms with E-state index < -0.39 is 6.10 Å². The molecule has 6 nitrogen and oxygen atoms in total. The average Bonchev–Trinajstić information content (AvgIpc) is 3.75. The second-order valence-electron chi connectivity index (χ2n) is 11.6. The van der Waals surface area contributed by atoms with Gasteiger partial charge in [0.15, 0.2) is 0 Å². The van der Waals surface area contributed by atoms with Crippen LogP contribution in [-0.2, 0) is 24.2 Å². The summed E-state index contributed by atoms with van der Waals surface area (Å²) in [6.07, 6.45) is 5.83. The molecular formula is C29H33N3O3. The Morgan fingerprint density at radius 2 is 2.03 bits per heavy atom. The van der Waals surface area contributed by atoms with Crippen LogP contribution in [0.4, 0.5) is 5.69 Å². The largest absolute Gasteiger partial charge is 0.390 e. The molecule has 2 aliphatic heterocycles. The Kier molecular flexibility index (Phi) is 4.71. The van der Waals surface area contributed by atoms with Gasteiger partial charge in [-0.1, -0.05) is 36.8 Å². The van der Waals surface area contributed by atoms with Crippen LogP contribution in [0.1, 0.15) is 52.7 Å². The summed E-state index contributed by atoms with van der Waals surface area (Å²) in [5.41, 5.74) is 5.21. The number of carbonyl (C=O) groups is 2. The molecule has 0 saturated heterocycles. The third-order valence-electron chi connectivity index (χ3n) is 9.83. The van der Waals surface area contributed by atoms with Crippen LogP contribution in [0, 0.1) is 22.7 Å². The normalized spacial score (nSPS) is 33.0. The molecule has 182 valence electrons. The number of anilines is 1. The third-order valence-corrected chi connectivity index (χ3v) is 9.83. The zero-order valence-electron chi connectivity index (χ0n) is 20.1. The van der Waals surface area contributed by atoms with E-state index in [0.29, 0.717) is 12.1 Å². The minimum Gasteiger partial charge on any atom is -0.390 e. The van der Waals surface area contributed by atoms with Gasteiger partial charge in [0.2, 0.25) is 5.91 Å². The molecular weight excluding hydrogens is 438 g/mol. The van der Waals surface area contributed by atoms with Crippen molar-refractivity contribution in [1.29, 1.82) is 0 Å². The summed E-state index contributed by atoms with van der Waals surface area (Å²) in [5.74, 6) is 1.52. The lowest BCUT2D eigenvalue weighted by Gasteiger charge is -2.44. The molecule has 3 N–H and O–H groups in total. The number of hydrogen-bond donors (Lipinski definition) is 3. The highest BCUT2D eigenvalue weighted by molar-refractivity contribution is 6.02. The SMILES string of the molecule is O=C(NC[C@H](O)CN1CCc2ccccc2C1)c1ccc2c(c1)NC(=O)C1(CCCC3C4CC341)C2. The summed E-state index contributed by atoms with van der Waals surface area (Å²) in [4.78, 5) is 28.4. The van der Waals surface area contributed by atoms with Crippen molar-refractivity contribution >= 4 is 17.5 Å². The van der Waals surface area contributed by atoms with Crippen molar-refractivity contribution in [2.75, 3.05) is 25.0 Å². The summed E-state index contributed by atoms with van der Waals surface area (Å²) in [6, 6.07) is 14.1. The predicted molar refractivity (Wildman–Crippen MR) is 133 cm³/mol. The summed E-state index contributed by atoms with van der Waals surface area (Å²) in [5, 5.41) is 16.6. The minimum absolute atomic E-state index is 0.172. The van der Waals surface area contributed by atoms with Gasteiger partial charge in [-0.15, -0.1) is 0 Å².